The molecule has 0 aromatic carbocycles. The molecule has 0 nitrogen and oxygen atoms in total. The van der Waals surface area contributed by atoms with Gasteiger partial charge in [0.25, 0.3) is 0 Å². The zero-order valence-electron chi connectivity index (χ0n) is 6.53. The minimum absolute atomic E-state index is 1.15. The van der Waals surface area contributed by atoms with Crippen molar-refractivity contribution in [1.82, 2.24) is 0 Å². The Labute approximate surface area is 62.7 Å². The van der Waals surface area contributed by atoms with Gasteiger partial charge < -0.3 is 0 Å². The van der Waals surface area contributed by atoms with Crippen LogP contribution in [0, 0.1) is 6.26 Å². The summed E-state index contributed by atoms with van der Waals surface area (Å²) in [5.41, 5.74) is 2.95. The lowest BCUT2D eigenvalue weighted by atomic mass is 10.1. The predicted molar refractivity (Wildman–Crippen MR) is 46.5 cm³/mol. The summed E-state index contributed by atoms with van der Waals surface area (Å²) in [4.78, 5) is 0. The minimum atomic E-state index is 1.15. The van der Waals surface area contributed by atoms with Gasteiger partial charge in [0.05, 0.1) is 0 Å². The molecule has 0 unspecified atom stereocenters. The second-order valence-corrected chi connectivity index (χ2v) is 3.26. The zero-order chi connectivity index (χ0) is 7.28. The standard InChI is InChI=1S/C8H15S/c1-7(2)8(3)5-6-9-4/h4-6H2,1-3H3. The lowest BCUT2D eigenvalue weighted by Gasteiger charge is -2.00. The van der Waals surface area contributed by atoms with Crippen LogP contribution in [-0.4, -0.2) is 5.75 Å². The first-order valence-corrected chi connectivity index (χ1v) is 4.34. The highest BCUT2D eigenvalue weighted by Crippen LogP contribution is 2.10. The molecule has 0 aromatic rings. The van der Waals surface area contributed by atoms with Crippen molar-refractivity contribution >= 4 is 11.8 Å². The third-order valence-electron chi connectivity index (χ3n) is 1.47. The molecule has 0 atom stereocenters. The Balaban J connectivity index is 3.50. The van der Waals surface area contributed by atoms with Crippen LogP contribution in [-0.2, 0) is 0 Å². The maximum absolute atomic E-state index is 3.71. The molecule has 1 radical (unpaired) electrons. The zero-order valence-corrected chi connectivity index (χ0v) is 7.35. The molecule has 0 saturated heterocycles. The van der Waals surface area contributed by atoms with Crippen molar-refractivity contribution in [3.05, 3.63) is 17.4 Å². The van der Waals surface area contributed by atoms with Crippen LogP contribution in [0.3, 0.4) is 0 Å². The fourth-order valence-corrected chi connectivity index (χ4v) is 0.926. The molecule has 0 saturated carbocycles. The third kappa shape index (κ3) is 4.58. The SMILES string of the molecule is [CH2]SCCC(C)=C(C)C. The molecule has 0 N–H and O–H groups in total. The molecule has 1 heteroatoms. The van der Waals surface area contributed by atoms with Crippen molar-refractivity contribution in [2.24, 2.45) is 0 Å². The molecule has 0 heterocycles. The van der Waals surface area contributed by atoms with Gasteiger partial charge in [-0.2, -0.15) is 11.8 Å². The molecular weight excluding hydrogens is 128 g/mol. The summed E-state index contributed by atoms with van der Waals surface area (Å²) in [6.45, 7) is 6.50. The van der Waals surface area contributed by atoms with Crippen molar-refractivity contribution in [2.45, 2.75) is 27.2 Å². The van der Waals surface area contributed by atoms with Crippen molar-refractivity contribution in [3.63, 3.8) is 0 Å². The van der Waals surface area contributed by atoms with Gasteiger partial charge in [-0.3, -0.25) is 0 Å². The van der Waals surface area contributed by atoms with E-state index in [2.05, 4.69) is 27.0 Å². The highest BCUT2D eigenvalue weighted by molar-refractivity contribution is 8.00. The summed E-state index contributed by atoms with van der Waals surface area (Å²) in [5.74, 6) is 1.15. The number of allylic oxidation sites excluding steroid dienone is 2. The van der Waals surface area contributed by atoms with Gasteiger partial charge >= 0.3 is 0 Å². The van der Waals surface area contributed by atoms with Crippen molar-refractivity contribution in [2.75, 3.05) is 5.75 Å². The van der Waals surface area contributed by atoms with Crippen LogP contribution in [0.1, 0.15) is 27.2 Å². The van der Waals surface area contributed by atoms with Gasteiger partial charge in [0.15, 0.2) is 0 Å². The molecule has 0 bridgehead atoms. The number of hydrogen-bond donors (Lipinski definition) is 0. The fraction of sp³-hybridized carbons (Fsp3) is 0.625. The molecular formula is C8H15S. The molecule has 0 aliphatic carbocycles. The Bertz CT molecular complexity index is 99.1. The summed E-state index contributed by atoms with van der Waals surface area (Å²) in [5, 5.41) is 0. The molecule has 0 aliphatic rings. The van der Waals surface area contributed by atoms with Gasteiger partial charge in [-0.15, -0.1) is 0 Å². The van der Waals surface area contributed by atoms with E-state index in [4.69, 9.17) is 0 Å². The van der Waals surface area contributed by atoms with E-state index < -0.39 is 0 Å². The van der Waals surface area contributed by atoms with E-state index in [0.717, 1.165) is 5.75 Å². The Kier molecular flexibility index (Phi) is 4.97. The summed E-state index contributed by atoms with van der Waals surface area (Å²) in [6.07, 6.45) is 4.90. The number of rotatable bonds is 3. The first-order chi connectivity index (χ1) is 4.18. The van der Waals surface area contributed by atoms with Crippen LogP contribution in [0.5, 0.6) is 0 Å². The van der Waals surface area contributed by atoms with Gasteiger partial charge in [-0.1, -0.05) is 11.1 Å². The lowest BCUT2D eigenvalue weighted by molar-refractivity contribution is 1.07. The predicted octanol–water partition coefficient (Wildman–Crippen LogP) is 3.26. The van der Waals surface area contributed by atoms with E-state index in [9.17, 15) is 0 Å². The molecule has 0 spiro atoms. The fourth-order valence-electron chi connectivity index (χ4n) is 0.475. The van der Waals surface area contributed by atoms with Crippen LogP contribution in [0.4, 0.5) is 0 Å². The first-order valence-electron chi connectivity index (χ1n) is 3.18. The molecule has 0 aromatic heterocycles. The monoisotopic (exact) mass is 143 g/mol. The Morgan fingerprint density at radius 1 is 1.33 bits per heavy atom. The minimum Gasteiger partial charge on any atom is -0.161 e. The summed E-state index contributed by atoms with van der Waals surface area (Å²) < 4.78 is 0. The molecule has 0 amide bonds. The van der Waals surface area contributed by atoms with E-state index >= 15 is 0 Å². The largest absolute Gasteiger partial charge is 0.161 e. The normalized spacial score (nSPS) is 9.33. The molecule has 0 fully saturated rings. The van der Waals surface area contributed by atoms with Crippen molar-refractivity contribution < 1.29 is 0 Å². The van der Waals surface area contributed by atoms with Gasteiger partial charge in [0, 0.05) is 6.26 Å². The second-order valence-electron chi connectivity index (χ2n) is 2.44. The third-order valence-corrected chi connectivity index (χ3v) is 1.97. The van der Waals surface area contributed by atoms with Gasteiger partial charge in [-0.05, 0) is 32.9 Å². The summed E-state index contributed by atoms with van der Waals surface area (Å²) in [7, 11) is 0. The van der Waals surface area contributed by atoms with Crippen molar-refractivity contribution in [1.29, 1.82) is 0 Å². The first kappa shape index (κ1) is 9.09. The van der Waals surface area contributed by atoms with Gasteiger partial charge in [0.2, 0.25) is 0 Å². The Morgan fingerprint density at radius 3 is 2.22 bits per heavy atom. The van der Waals surface area contributed by atoms with Gasteiger partial charge in [-0.25, -0.2) is 0 Å². The molecule has 0 aliphatic heterocycles. The van der Waals surface area contributed by atoms with E-state index in [1.807, 2.05) is 0 Å². The van der Waals surface area contributed by atoms with Crippen LogP contribution in [0.25, 0.3) is 0 Å². The van der Waals surface area contributed by atoms with E-state index in [1.54, 1.807) is 11.8 Å². The topological polar surface area (TPSA) is 0 Å². The van der Waals surface area contributed by atoms with Gasteiger partial charge in [0.1, 0.15) is 0 Å². The summed E-state index contributed by atoms with van der Waals surface area (Å²) in [6, 6.07) is 0. The van der Waals surface area contributed by atoms with Crippen LogP contribution in [0.2, 0.25) is 0 Å². The summed E-state index contributed by atoms with van der Waals surface area (Å²) >= 11 is 1.66. The van der Waals surface area contributed by atoms with E-state index in [1.165, 1.54) is 17.6 Å². The van der Waals surface area contributed by atoms with E-state index in [0.29, 0.717) is 0 Å². The molecule has 53 valence electrons. The molecule has 0 rings (SSSR count). The lowest BCUT2D eigenvalue weighted by Crippen LogP contribution is -1.82. The van der Waals surface area contributed by atoms with Crippen LogP contribution in [0.15, 0.2) is 11.1 Å². The average Bonchev–Trinajstić information content (AvgIpc) is 1.82. The second kappa shape index (κ2) is 4.92. The van der Waals surface area contributed by atoms with E-state index in [-0.39, 0.29) is 0 Å². The molecule has 9 heavy (non-hydrogen) atoms. The average molecular weight is 143 g/mol. The maximum atomic E-state index is 3.71. The highest BCUT2D eigenvalue weighted by atomic mass is 32.2. The maximum Gasteiger partial charge on any atom is 0.00237 e. The van der Waals surface area contributed by atoms with Crippen LogP contribution >= 0.6 is 11.8 Å². The number of thioether (sulfide) groups is 1. The smallest absolute Gasteiger partial charge is 0.00237 e. The quantitative estimate of drug-likeness (QED) is 0.546. The van der Waals surface area contributed by atoms with Crippen LogP contribution < -0.4 is 0 Å². The Morgan fingerprint density at radius 2 is 1.89 bits per heavy atom. The van der Waals surface area contributed by atoms with Crippen molar-refractivity contribution in [3.8, 4) is 0 Å². The highest BCUT2D eigenvalue weighted by Gasteiger charge is 1.89. The number of hydrogen-bond acceptors (Lipinski definition) is 1. The Hall–Kier alpha value is 0.0900.